The highest BCUT2D eigenvalue weighted by atomic mass is 16.5. The van der Waals surface area contributed by atoms with Gasteiger partial charge >= 0.3 is 0 Å². The molecule has 2 aliphatic heterocycles. The largest absolute Gasteiger partial charge is 0.477 e. The molecule has 0 atom stereocenters. The highest BCUT2D eigenvalue weighted by Crippen LogP contribution is 2.28. The fourth-order valence-corrected chi connectivity index (χ4v) is 2.20. The summed E-state index contributed by atoms with van der Waals surface area (Å²) in [5, 5.41) is 6.54. The lowest BCUT2D eigenvalue weighted by Gasteiger charge is -2.15. The molecule has 0 unspecified atom stereocenters. The van der Waals surface area contributed by atoms with Gasteiger partial charge in [-0.05, 0) is 12.0 Å². The van der Waals surface area contributed by atoms with Crippen LogP contribution in [0.25, 0.3) is 0 Å². The van der Waals surface area contributed by atoms with Gasteiger partial charge in [0.15, 0.2) is 11.8 Å². The molecule has 2 heterocycles. The Hall–Kier alpha value is -1.58. The second-order valence-corrected chi connectivity index (χ2v) is 4.12. The second kappa shape index (κ2) is 4.12. The lowest BCUT2D eigenvalue weighted by molar-refractivity contribution is 0.256. The molecule has 0 aromatic carbocycles. The van der Waals surface area contributed by atoms with Crippen molar-refractivity contribution < 1.29 is 9.47 Å². The standard InChI is InChI=1S/C12H16N2O2/c1-2-9(11-13-4-6-15-11)8-10(3-1)12-14-5-7-16-12/h1-2,13-14H,3-8H2. The van der Waals surface area contributed by atoms with E-state index in [9.17, 15) is 0 Å². The molecule has 3 aliphatic rings. The monoisotopic (exact) mass is 220 g/mol. The van der Waals surface area contributed by atoms with E-state index >= 15 is 0 Å². The number of nitrogens with one attached hydrogen (secondary N) is 2. The number of ether oxygens (including phenoxy) is 2. The number of allylic oxidation sites excluding steroid dienone is 4. The summed E-state index contributed by atoms with van der Waals surface area (Å²) in [6.45, 7) is 3.38. The van der Waals surface area contributed by atoms with E-state index in [0.717, 1.165) is 50.9 Å². The lowest BCUT2D eigenvalue weighted by atomic mass is 9.97. The first-order valence-corrected chi connectivity index (χ1v) is 5.78. The van der Waals surface area contributed by atoms with Gasteiger partial charge in [-0.3, -0.25) is 0 Å². The summed E-state index contributed by atoms with van der Waals surface area (Å²) in [6.07, 6.45) is 6.20. The molecule has 0 bridgehead atoms. The zero-order valence-electron chi connectivity index (χ0n) is 9.21. The van der Waals surface area contributed by atoms with E-state index in [1.807, 2.05) is 0 Å². The van der Waals surface area contributed by atoms with Crippen molar-refractivity contribution in [2.45, 2.75) is 12.8 Å². The van der Waals surface area contributed by atoms with Gasteiger partial charge in [-0.2, -0.15) is 0 Å². The Balaban J connectivity index is 1.84. The molecule has 0 amide bonds. The third-order valence-corrected chi connectivity index (χ3v) is 2.97. The van der Waals surface area contributed by atoms with Gasteiger partial charge in [-0.25, -0.2) is 0 Å². The van der Waals surface area contributed by atoms with Crippen LogP contribution >= 0.6 is 0 Å². The van der Waals surface area contributed by atoms with Crippen LogP contribution in [0.1, 0.15) is 12.8 Å². The van der Waals surface area contributed by atoms with Gasteiger partial charge in [-0.1, -0.05) is 12.2 Å². The molecule has 4 nitrogen and oxygen atoms in total. The van der Waals surface area contributed by atoms with Crippen molar-refractivity contribution in [3.63, 3.8) is 0 Å². The van der Waals surface area contributed by atoms with Crippen molar-refractivity contribution in [1.82, 2.24) is 10.6 Å². The molecule has 2 saturated heterocycles. The third kappa shape index (κ3) is 1.75. The average molecular weight is 220 g/mol. The first-order chi connectivity index (χ1) is 7.93. The third-order valence-electron chi connectivity index (χ3n) is 2.97. The van der Waals surface area contributed by atoms with Crippen molar-refractivity contribution in [3.8, 4) is 0 Å². The second-order valence-electron chi connectivity index (χ2n) is 4.12. The van der Waals surface area contributed by atoms with E-state index in [-0.39, 0.29) is 0 Å². The van der Waals surface area contributed by atoms with Gasteiger partial charge in [0.2, 0.25) is 0 Å². The molecule has 4 heteroatoms. The maximum absolute atomic E-state index is 5.55. The molecule has 0 aromatic heterocycles. The Labute approximate surface area is 95.0 Å². The minimum Gasteiger partial charge on any atom is -0.477 e. The van der Waals surface area contributed by atoms with Gasteiger partial charge in [0.05, 0.1) is 13.1 Å². The minimum atomic E-state index is 0.771. The van der Waals surface area contributed by atoms with Crippen LogP contribution < -0.4 is 10.6 Å². The predicted molar refractivity (Wildman–Crippen MR) is 60.3 cm³/mol. The topological polar surface area (TPSA) is 42.5 Å². The minimum absolute atomic E-state index is 0.771. The van der Waals surface area contributed by atoms with Crippen LogP contribution in [0.4, 0.5) is 0 Å². The summed E-state index contributed by atoms with van der Waals surface area (Å²) in [5.74, 6) is 1.91. The van der Waals surface area contributed by atoms with Gasteiger partial charge < -0.3 is 20.1 Å². The van der Waals surface area contributed by atoms with E-state index in [1.165, 1.54) is 11.1 Å². The summed E-state index contributed by atoms with van der Waals surface area (Å²) < 4.78 is 11.1. The van der Waals surface area contributed by atoms with Crippen LogP contribution in [0.3, 0.4) is 0 Å². The molecule has 0 spiro atoms. The summed E-state index contributed by atoms with van der Waals surface area (Å²) in [4.78, 5) is 0. The molecule has 0 aromatic rings. The fraction of sp³-hybridized carbons (Fsp3) is 0.500. The van der Waals surface area contributed by atoms with Crippen LogP contribution in [-0.2, 0) is 9.47 Å². The van der Waals surface area contributed by atoms with Crippen molar-refractivity contribution >= 4 is 0 Å². The Kier molecular flexibility index (Phi) is 2.48. The van der Waals surface area contributed by atoms with E-state index in [1.54, 1.807) is 0 Å². The van der Waals surface area contributed by atoms with Crippen LogP contribution in [0.5, 0.6) is 0 Å². The van der Waals surface area contributed by atoms with E-state index in [4.69, 9.17) is 9.47 Å². The van der Waals surface area contributed by atoms with Crippen molar-refractivity contribution in [3.05, 3.63) is 35.1 Å². The predicted octanol–water partition coefficient (Wildman–Crippen LogP) is 0.999. The zero-order valence-corrected chi connectivity index (χ0v) is 9.21. The molecule has 0 saturated carbocycles. The van der Waals surface area contributed by atoms with Gasteiger partial charge in [-0.15, -0.1) is 0 Å². The number of hydrogen-bond acceptors (Lipinski definition) is 4. The smallest absolute Gasteiger partial charge is 0.190 e. The molecular formula is C12H16N2O2. The van der Waals surface area contributed by atoms with E-state index in [2.05, 4.69) is 22.8 Å². The van der Waals surface area contributed by atoms with Crippen LogP contribution in [0.2, 0.25) is 0 Å². The summed E-state index contributed by atoms with van der Waals surface area (Å²) in [5.41, 5.74) is 2.54. The SMILES string of the molecule is C1=CC(=C2NCCO2)CC(=C2NCCO2)C1. The summed E-state index contributed by atoms with van der Waals surface area (Å²) in [6, 6.07) is 0. The first-order valence-electron chi connectivity index (χ1n) is 5.78. The molecule has 2 N–H and O–H groups in total. The Morgan fingerprint density at radius 2 is 1.75 bits per heavy atom. The number of hydrogen-bond donors (Lipinski definition) is 2. The molecule has 16 heavy (non-hydrogen) atoms. The molecule has 0 radical (unpaired) electrons. The van der Waals surface area contributed by atoms with E-state index < -0.39 is 0 Å². The van der Waals surface area contributed by atoms with Crippen molar-refractivity contribution in [1.29, 1.82) is 0 Å². The van der Waals surface area contributed by atoms with Crippen LogP contribution in [0.15, 0.2) is 35.1 Å². The van der Waals surface area contributed by atoms with Gasteiger partial charge in [0.1, 0.15) is 13.2 Å². The zero-order chi connectivity index (χ0) is 10.8. The van der Waals surface area contributed by atoms with Crippen molar-refractivity contribution in [2.24, 2.45) is 0 Å². The average Bonchev–Trinajstić information content (AvgIpc) is 3.03. The Morgan fingerprint density at radius 1 is 1.00 bits per heavy atom. The normalized spacial score (nSPS) is 33.0. The highest BCUT2D eigenvalue weighted by Gasteiger charge is 2.19. The first kappa shape index (κ1) is 9.63. The molecule has 1 aliphatic carbocycles. The molecular weight excluding hydrogens is 204 g/mol. The van der Waals surface area contributed by atoms with Crippen molar-refractivity contribution in [2.75, 3.05) is 26.3 Å². The van der Waals surface area contributed by atoms with Gasteiger partial charge in [0, 0.05) is 12.0 Å². The number of rotatable bonds is 0. The Bertz CT molecular complexity index is 366. The Morgan fingerprint density at radius 3 is 2.44 bits per heavy atom. The summed E-state index contributed by atoms with van der Waals surface area (Å²) in [7, 11) is 0. The molecule has 2 fully saturated rings. The lowest BCUT2D eigenvalue weighted by Crippen LogP contribution is -2.12. The van der Waals surface area contributed by atoms with Crippen LogP contribution in [0, 0.1) is 0 Å². The quantitative estimate of drug-likeness (QED) is 0.639. The summed E-state index contributed by atoms with van der Waals surface area (Å²) >= 11 is 0. The highest BCUT2D eigenvalue weighted by molar-refractivity contribution is 5.35. The maximum atomic E-state index is 5.55. The maximum Gasteiger partial charge on any atom is 0.190 e. The van der Waals surface area contributed by atoms with Crippen LogP contribution in [-0.4, -0.2) is 26.3 Å². The molecule has 3 rings (SSSR count). The fourth-order valence-electron chi connectivity index (χ4n) is 2.20. The van der Waals surface area contributed by atoms with E-state index in [0.29, 0.717) is 0 Å². The van der Waals surface area contributed by atoms with Gasteiger partial charge in [0.25, 0.3) is 0 Å². The molecule has 86 valence electrons.